The van der Waals surface area contributed by atoms with E-state index in [-0.39, 0.29) is 0 Å². The van der Waals surface area contributed by atoms with Gasteiger partial charge >= 0.3 is 0 Å². The Balaban J connectivity index is 2.88. The van der Waals surface area contributed by atoms with Crippen molar-refractivity contribution in [2.24, 2.45) is 0 Å². The average Bonchev–Trinajstić information content (AvgIpc) is 2.20. The van der Waals surface area contributed by atoms with Gasteiger partial charge in [0.25, 0.3) is 0 Å². The number of alkyl halides is 1. The summed E-state index contributed by atoms with van der Waals surface area (Å²) in [6.45, 7) is 6.41. The van der Waals surface area contributed by atoms with Crippen molar-refractivity contribution in [2.75, 3.05) is 0 Å². The van der Waals surface area contributed by atoms with Gasteiger partial charge in [0.15, 0.2) is 0 Å². The van der Waals surface area contributed by atoms with Gasteiger partial charge in [-0.05, 0) is 43.0 Å². The van der Waals surface area contributed by atoms with Crippen LogP contribution in [-0.4, -0.2) is 0 Å². The molecule has 84 valence electrons. The Bertz CT molecular complexity index is 334. The number of unbranched alkanes of at least 4 members (excludes halogenated alkanes) is 1. The number of rotatable bonds is 4. The standard InChI is InChI=1S/C13H18BrCl/c1-4-5-6-12(14)11-7-10(3)13(15)8-9(11)2/h7-8,12H,4-6H2,1-3H3. The monoisotopic (exact) mass is 288 g/mol. The molecule has 0 fully saturated rings. The number of benzene rings is 1. The Morgan fingerprint density at radius 1 is 1.27 bits per heavy atom. The van der Waals surface area contributed by atoms with E-state index in [1.54, 1.807) is 0 Å². The zero-order valence-corrected chi connectivity index (χ0v) is 12.0. The highest BCUT2D eigenvalue weighted by Crippen LogP contribution is 2.33. The maximum Gasteiger partial charge on any atom is 0.0438 e. The van der Waals surface area contributed by atoms with E-state index in [0.29, 0.717) is 4.83 Å². The third kappa shape index (κ3) is 3.49. The SMILES string of the molecule is CCCCC(Br)c1cc(C)c(Cl)cc1C. The largest absolute Gasteiger partial charge is 0.0840 e. The fraction of sp³-hybridized carbons (Fsp3) is 0.538. The molecule has 0 amide bonds. The Labute approximate surface area is 106 Å². The molecule has 2 heteroatoms. The number of halogens is 2. The number of aryl methyl sites for hydroxylation is 2. The lowest BCUT2D eigenvalue weighted by atomic mass is 10.00. The van der Waals surface area contributed by atoms with Crippen molar-refractivity contribution >= 4 is 27.5 Å². The van der Waals surface area contributed by atoms with Gasteiger partial charge in [0.2, 0.25) is 0 Å². The Morgan fingerprint density at radius 3 is 2.53 bits per heavy atom. The zero-order valence-electron chi connectivity index (χ0n) is 9.61. The smallest absolute Gasteiger partial charge is 0.0438 e. The van der Waals surface area contributed by atoms with Crippen molar-refractivity contribution in [3.05, 3.63) is 33.8 Å². The van der Waals surface area contributed by atoms with Crippen molar-refractivity contribution in [1.82, 2.24) is 0 Å². The van der Waals surface area contributed by atoms with E-state index in [4.69, 9.17) is 11.6 Å². The van der Waals surface area contributed by atoms with Gasteiger partial charge in [-0.2, -0.15) is 0 Å². The van der Waals surface area contributed by atoms with Crippen molar-refractivity contribution in [1.29, 1.82) is 0 Å². The van der Waals surface area contributed by atoms with Gasteiger partial charge in [-0.15, -0.1) is 0 Å². The molecule has 1 rings (SSSR count). The first-order chi connectivity index (χ1) is 7.06. The molecule has 1 atom stereocenters. The third-order valence-electron chi connectivity index (χ3n) is 2.70. The minimum absolute atomic E-state index is 0.466. The molecule has 0 saturated carbocycles. The lowest BCUT2D eigenvalue weighted by Gasteiger charge is -2.14. The predicted octanol–water partition coefficient (Wildman–Crippen LogP) is 5.58. The second-order valence-electron chi connectivity index (χ2n) is 4.07. The summed E-state index contributed by atoms with van der Waals surface area (Å²) in [4.78, 5) is 0.466. The second-order valence-corrected chi connectivity index (χ2v) is 5.58. The maximum atomic E-state index is 6.08. The van der Waals surface area contributed by atoms with Crippen LogP contribution in [0.4, 0.5) is 0 Å². The molecule has 0 aliphatic carbocycles. The average molecular weight is 290 g/mol. The van der Waals surface area contributed by atoms with Crippen LogP contribution >= 0.6 is 27.5 Å². The van der Waals surface area contributed by atoms with Gasteiger partial charge < -0.3 is 0 Å². The molecule has 0 spiro atoms. The van der Waals surface area contributed by atoms with Crippen LogP contribution in [0.15, 0.2) is 12.1 Å². The van der Waals surface area contributed by atoms with E-state index < -0.39 is 0 Å². The van der Waals surface area contributed by atoms with Gasteiger partial charge in [-0.3, -0.25) is 0 Å². The van der Waals surface area contributed by atoms with Gasteiger partial charge in [0.05, 0.1) is 0 Å². The molecular weight excluding hydrogens is 272 g/mol. The normalized spacial score (nSPS) is 12.9. The summed E-state index contributed by atoms with van der Waals surface area (Å²) in [5.74, 6) is 0. The van der Waals surface area contributed by atoms with E-state index in [2.05, 4.69) is 48.8 Å². The van der Waals surface area contributed by atoms with Gasteiger partial charge in [0.1, 0.15) is 0 Å². The fourth-order valence-electron chi connectivity index (χ4n) is 1.68. The molecule has 15 heavy (non-hydrogen) atoms. The van der Waals surface area contributed by atoms with Crippen LogP contribution in [0.2, 0.25) is 5.02 Å². The minimum atomic E-state index is 0.466. The summed E-state index contributed by atoms with van der Waals surface area (Å²) in [7, 11) is 0. The Hall–Kier alpha value is -0.0100. The molecule has 1 unspecified atom stereocenters. The van der Waals surface area contributed by atoms with Crippen LogP contribution in [0.25, 0.3) is 0 Å². The van der Waals surface area contributed by atoms with Crippen molar-refractivity contribution in [3.8, 4) is 0 Å². The molecule has 0 radical (unpaired) electrons. The van der Waals surface area contributed by atoms with Crippen molar-refractivity contribution < 1.29 is 0 Å². The van der Waals surface area contributed by atoms with Crippen LogP contribution in [0.3, 0.4) is 0 Å². The summed E-state index contributed by atoms with van der Waals surface area (Å²) in [6, 6.07) is 4.26. The molecular formula is C13H18BrCl. The minimum Gasteiger partial charge on any atom is -0.0840 e. The zero-order chi connectivity index (χ0) is 11.4. The first-order valence-electron chi connectivity index (χ1n) is 5.47. The van der Waals surface area contributed by atoms with Crippen LogP contribution in [0.5, 0.6) is 0 Å². The van der Waals surface area contributed by atoms with Crippen LogP contribution in [-0.2, 0) is 0 Å². The summed E-state index contributed by atoms with van der Waals surface area (Å²) < 4.78 is 0. The molecule has 0 aliphatic rings. The van der Waals surface area contributed by atoms with Crippen molar-refractivity contribution in [2.45, 2.75) is 44.9 Å². The Kier molecular flexibility index (Phi) is 5.14. The lowest BCUT2D eigenvalue weighted by molar-refractivity contribution is 0.711. The highest BCUT2D eigenvalue weighted by atomic mass is 79.9. The first kappa shape index (κ1) is 13.1. The molecule has 0 nitrogen and oxygen atoms in total. The van der Waals surface area contributed by atoms with E-state index in [9.17, 15) is 0 Å². The summed E-state index contributed by atoms with van der Waals surface area (Å²) in [5, 5.41) is 0.867. The van der Waals surface area contributed by atoms with Crippen LogP contribution < -0.4 is 0 Å². The van der Waals surface area contributed by atoms with Crippen molar-refractivity contribution in [3.63, 3.8) is 0 Å². The van der Waals surface area contributed by atoms with Gasteiger partial charge in [-0.1, -0.05) is 53.4 Å². The lowest BCUT2D eigenvalue weighted by Crippen LogP contribution is -1.95. The van der Waals surface area contributed by atoms with E-state index in [0.717, 1.165) is 5.02 Å². The first-order valence-corrected chi connectivity index (χ1v) is 6.76. The van der Waals surface area contributed by atoms with Crippen LogP contribution in [0, 0.1) is 13.8 Å². The number of hydrogen-bond donors (Lipinski definition) is 0. The highest BCUT2D eigenvalue weighted by Gasteiger charge is 2.11. The molecule has 1 aromatic carbocycles. The number of hydrogen-bond acceptors (Lipinski definition) is 0. The van der Waals surface area contributed by atoms with E-state index in [1.165, 1.54) is 36.0 Å². The molecule has 0 heterocycles. The molecule has 0 aliphatic heterocycles. The van der Waals surface area contributed by atoms with Gasteiger partial charge in [0, 0.05) is 9.85 Å². The molecule has 1 aromatic rings. The fourth-order valence-corrected chi connectivity index (χ4v) is 2.71. The molecule has 0 aromatic heterocycles. The Morgan fingerprint density at radius 2 is 1.93 bits per heavy atom. The van der Waals surface area contributed by atoms with E-state index >= 15 is 0 Å². The topological polar surface area (TPSA) is 0 Å². The summed E-state index contributed by atoms with van der Waals surface area (Å²) in [6.07, 6.45) is 3.70. The van der Waals surface area contributed by atoms with E-state index in [1.807, 2.05) is 0 Å². The summed E-state index contributed by atoms with van der Waals surface area (Å²) >= 11 is 9.83. The predicted molar refractivity (Wildman–Crippen MR) is 72.1 cm³/mol. The molecule has 0 saturated heterocycles. The maximum absolute atomic E-state index is 6.08. The molecule has 0 N–H and O–H groups in total. The third-order valence-corrected chi connectivity index (χ3v) is 4.05. The quantitative estimate of drug-likeness (QED) is 0.634. The van der Waals surface area contributed by atoms with Crippen LogP contribution in [0.1, 0.15) is 47.7 Å². The molecule has 0 bridgehead atoms. The highest BCUT2D eigenvalue weighted by molar-refractivity contribution is 9.09. The summed E-state index contributed by atoms with van der Waals surface area (Å²) in [5.41, 5.74) is 3.83. The van der Waals surface area contributed by atoms with Gasteiger partial charge in [-0.25, -0.2) is 0 Å². The second kappa shape index (κ2) is 5.91.